The summed E-state index contributed by atoms with van der Waals surface area (Å²) in [6, 6.07) is 0. The van der Waals surface area contributed by atoms with E-state index in [1.54, 1.807) is 0 Å². The Bertz CT molecular complexity index is 98.9. The topological polar surface area (TPSA) is 27.7 Å². The third kappa shape index (κ3) is 12.2. The summed E-state index contributed by atoms with van der Waals surface area (Å²) >= 11 is 4.02. The Morgan fingerprint density at radius 3 is 2.00 bits per heavy atom. The van der Waals surface area contributed by atoms with Gasteiger partial charge in [0.1, 0.15) is 0 Å². The van der Waals surface area contributed by atoms with Crippen LogP contribution in [0.2, 0.25) is 0 Å². The van der Waals surface area contributed by atoms with Crippen LogP contribution in [-0.4, -0.2) is 44.9 Å². The zero-order chi connectivity index (χ0) is 9.94. The highest BCUT2D eigenvalue weighted by Crippen LogP contribution is 1.87. The fourth-order valence-electron chi connectivity index (χ4n) is 0.729. The summed E-state index contributed by atoms with van der Waals surface area (Å²) in [6.45, 7) is 7.28. The maximum atomic E-state index is 5.29. The highest BCUT2D eigenvalue weighted by molar-refractivity contribution is 7.80. The maximum absolute atomic E-state index is 5.29. The van der Waals surface area contributed by atoms with E-state index in [4.69, 9.17) is 14.2 Å². The Labute approximate surface area is 86.2 Å². The van der Waals surface area contributed by atoms with Crippen molar-refractivity contribution >= 4 is 12.6 Å². The van der Waals surface area contributed by atoms with Crippen molar-refractivity contribution < 1.29 is 14.2 Å². The third-order valence-electron chi connectivity index (χ3n) is 1.29. The van der Waals surface area contributed by atoms with E-state index in [-0.39, 0.29) is 6.10 Å². The molecule has 0 atom stereocenters. The summed E-state index contributed by atoms with van der Waals surface area (Å²) in [7, 11) is 0. The van der Waals surface area contributed by atoms with Crippen LogP contribution >= 0.6 is 12.6 Å². The van der Waals surface area contributed by atoms with Crippen LogP contribution in [0.25, 0.3) is 0 Å². The first-order chi connectivity index (χ1) is 6.27. The quantitative estimate of drug-likeness (QED) is 0.458. The maximum Gasteiger partial charge on any atom is 0.0703 e. The van der Waals surface area contributed by atoms with Gasteiger partial charge >= 0.3 is 0 Å². The largest absolute Gasteiger partial charge is 0.378 e. The lowest BCUT2D eigenvalue weighted by molar-refractivity contribution is 0.000431. The molecule has 0 aromatic rings. The zero-order valence-electron chi connectivity index (χ0n) is 8.49. The van der Waals surface area contributed by atoms with Gasteiger partial charge in [0.2, 0.25) is 0 Å². The second-order valence-electron chi connectivity index (χ2n) is 2.87. The van der Waals surface area contributed by atoms with Gasteiger partial charge in [-0.2, -0.15) is 12.6 Å². The van der Waals surface area contributed by atoms with Gasteiger partial charge in [-0.05, 0) is 13.8 Å². The molecular formula is C9H20O3S. The van der Waals surface area contributed by atoms with Crippen LogP contribution in [0.15, 0.2) is 0 Å². The SMILES string of the molecule is CC(C)OCCOCCOCCS. The molecular weight excluding hydrogens is 188 g/mol. The van der Waals surface area contributed by atoms with Crippen molar-refractivity contribution in [3.63, 3.8) is 0 Å². The van der Waals surface area contributed by atoms with Crippen LogP contribution in [0.5, 0.6) is 0 Å². The second-order valence-corrected chi connectivity index (χ2v) is 3.32. The monoisotopic (exact) mass is 208 g/mol. The van der Waals surface area contributed by atoms with Crippen molar-refractivity contribution in [2.45, 2.75) is 20.0 Å². The molecule has 0 aliphatic carbocycles. The summed E-state index contributed by atoms with van der Waals surface area (Å²) in [4.78, 5) is 0. The summed E-state index contributed by atoms with van der Waals surface area (Å²) in [5, 5.41) is 0. The molecule has 0 aromatic carbocycles. The lowest BCUT2D eigenvalue weighted by atomic mass is 10.5. The lowest BCUT2D eigenvalue weighted by Crippen LogP contribution is -2.12. The molecule has 0 radical (unpaired) electrons. The first-order valence-corrected chi connectivity index (χ1v) is 5.28. The third-order valence-corrected chi connectivity index (χ3v) is 1.47. The Kier molecular flexibility index (Phi) is 10.5. The predicted molar refractivity (Wildman–Crippen MR) is 56.6 cm³/mol. The van der Waals surface area contributed by atoms with Gasteiger partial charge in [0.15, 0.2) is 0 Å². The number of ether oxygens (including phenoxy) is 3. The number of hydrogen-bond acceptors (Lipinski definition) is 4. The average molecular weight is 208 g/mol. The van der Waals surface area contributed by atoms with Crippen LogP contribution < -0.4 is 0 Å². The second kappa shape index (κ2) is 10.3. The van der Waals surface area contributed by atoms with E-state index in [0.717, 1.165) is 5.75 Å². The first-order valence-electron chi connectivity index (χ1n) is 4.65. The first kappa shape index (κ1) is 13.2. The molecule has 3 nitrogen and oxygen atoms in total. The molecule has 0 rings (SSSR count). The molecule has 0 fully saturated rings. The number of hydrogen-bond donors (Lipinski definition) is 1. The summed E-state index contributed by atoms with van der Waals surface area (Å²) < 4.78 is 15.7. The Morgan fingerprint density at radius 1 is 0.923 bits per heavy atom. The minimum atomic E-state index is 0.282. The van der Waals surface area contributed by atoms with E-state index in [9.17, 15) is 0 Å². The Morgan fingerprint density at radius 2 is 1.46 bits per heavy atom. The van der Waals surface area contributed by atoms with E-state index >= 15 is 0 Å². The molecule has 0 saturated heterocycles. The van der Waals surface area contributed by atoms with Crippen molar-refractivity contribution in [1.82, 2.24) is 0 Å². The van der Waals surface area contributed by atoms with E-state index in [2.05, 4.69) is 12.6 Å². The highest BCUT2D eigenvalue weighted by atomic mass is 32.1. The zero-order valence-corrected chi connectivity index (χ0v) is 9.39. The fourth-order valence-corrected chi connectivity index (χ4v) is 0.858. The molecule has 0 amide bonds. The molecule has 0 saturated carbocycles. The molecule has 0 aliphatic rings. The van der Waals surface area contributed by atoms with Crippen molar-refractivity contribution in [3.8, 4) is 0 Å². The van der Waals surface area contributed by atoms with Gasteiger partial charge in [-0.25, -0.2) is 0 Å². The lowest BCUT2D eigenvalue weighted by Gasteiger charge is -2.08. The van der Waals surface area contributed by atoms with Crippen LogP contribution in [0, 0.1) is 0 Å². The molecule has 0 aliphatic heterocycles. The molecule has 0 bridgehead atoms. The molecule has 0 aromatic heterocycles. The van der Waals surface area contributed by atoms with Crippen LogP contribution in [-0.2, 0) is 14.2 Å². The molecule has 0 N–H and O–H groups in total. The molecule has 13 heavy (non-hydrogen) atoms. The van der Waals surface area contributed by atoms with Gasteiger partial charge in [-0.15, -0.1) is 0 Å². The van der Waals surface area contributed by atoms with E-state index < -0.39 is 0 Å². The van der Waals surface area contributed by atoms with Gasteiger partial charge in [0, 0.05) is 5.75 Å². The summed E-state index contributed by atoms with van der Waals surface area (Å²) in [5.41, 5.74) is 0. The standard InChI is InChI=1S/C9H20O3S/c1-9(2)12-6-5-10-3-4-11-7-8-13/h9,13H,3-8H2,1-2H3. The van der Waals surface area contributed by atoms with Crippen molar-refractivity contribution in [1.29, 1.82) is 0 Å². The van der Waals surface area contributed by atoms with Crippen LogP contribution in [0.4, 0.5) is 0 Å². The number of thiol groups is 1. The van der Waals surface area contributed by atoms with Gasteiger partial charge in [0.25, 0.3) is 0 Å². The van der Waals surface area contributed by atoms with Crippen LogP contribution in [0.1, 0.15) is 13.8 Å². The van der Waals surface area contributed by atoms with Crippen molar-refractivity contribution in [2.75, 3.05) is 38.8 Å². The van der Waals surface area contributed by atoms with Crippen molar-refractivity contribution in [3.05, 3.63) is 0 Å². The molecule has 0 unspecified atom stereocenters. The molecule has 4 heteroatoms. The summed E-state index contributed by atoms with van der Waals surface area (Å²) in [6.07, 6.45) is 0.282. The fraction of sp³-hybridized carbons (Fsp3) is 1.00. The van der Waals surface area contributed by atoms with Gasteiger partial charge in [-0.1, -0.05) is 0 Å². The minimum Gasteiger partial charge on any atom is -0.378 e. The predicted octanol–water partition coefficient (Wildman–Crippen LogP) is 1.37. The summed E-state index contributed by atoms with van der Waals surface area (Å²) in [5.74, 6) is 0.760. The smallest absolute Gasteiger partial charge is 0.0703 e. The van der Waals surface area contributed by atoms with E-state index in [1.807, 2.05) is 13.8 Å². The van der Waals surface area contributed by atoms with Crippen LogP contribution in [0.3, 0.4) is 0 Å². The van der Waals surface area contributed by atoms with Gasteiger partial charge in [-0.3, -0.25) is 0 Å². The normalized spacial score (nSPS) is 11.1. The van der Waals surface area contributed by atoms with Crippen molar-refractivity contribution in [2.24, 2.45) is 0 Å². The Balaban J connectivity index is 2.84. The molecule has 0 spiro atoms. The van der Waals surface area contributed by atoms with E-state index in [1.165, 1.54) is 0 Å². The number of rotatable bonds is 9. The Hall–Kier alpha value is 0.230. The minimum absolute atomic E-state index is 0.282. The van der Waals surface area contributed by atoms with E-state index in [0.29, 0.717) is 33.0 Å². The molecule has 0 heterocycles. The van der Waals surface area contributed by atoms with Gasteiger partial charge < -0.3 is 14.2 Å². The van der Waals surface area contributed by atoms with Gasteiger partial charge in [0.05, 0.1) is 39.1 Å². The molecule has 80 valence electrons. The average Bonchev–Trinajstić information content (AvgIpc) is 2.09. The highest BCUT2D eigenvalue weighted by Gasteiger charge is 1.93.